The lowest BCUT2D eigenvalue weighted by Gasteiger charge is -2.02. The maximum atomic E-state index is 8.67. The van der Waals surface area contributed by atoms with E-state index in [1.165, 1.54) is 0 Å². The third-order valence-corrected chi connectivity index (χ3v) is 2.38. The highest BCUT2D eigenvalue weighted by atomic mass is 16.5. The van der Waals surface area contributed by atoms with E-state index in [4.69, 9.17) is 9.84 Å². The van der Waals surface area contributed by atoms with Crippen LogP contribution in [0.3, 0.4) is 0 Å². The Morgan fingerprint density at radius 1 is 1.44 bits per heavy atom. The molecule has 0 fully saturated rings. The summed E-state index contributed by atoms with van der Waals surface area (Å²) in [5.74, 6) is 2.11. The van der Waals surface area contributed by atoms with E-state index in [2.05, 4.69) is 23.8 Å². The first-order valence-corrected chi connectivity index (χ1v) is 5.44. The topological polar surface area (TPSA) is 58.1 Å². The molecule has 0 spiro atoms. The molecule has 0 aliphatic carbocycles. The molecule has 2 rings (SSSR count). The molecule has 0 amide bonds. The van der Waals surface area contributed by atoms with Crippen LogP contribution in [0.2, 0.25) is 0 Å². The number of hydrogen-bond acceptors (Lipinski definition) is 3. The number of aliphatic hydroxyl groups is 1. The molecule has 0 aliphatic heterocycles. The highest BCUT2D eigenvalue weighted by Gasteiger charge is 2.06. The molecular formula is C12H16N2O2. The molecule has 0 radical (unpaired) electrons. The Hall–Kier alpha value is -1.55. The van der Waals surface area contributed by atoms with Crippen molar-refractivity contribution in [3.05, 3.63) is 24.0 Å². The van der Waals surface area contributed by atoms with Crippen molar-refractivity contribution in [2.45, 2.75) is 19.8 Å². The molecule has 2 aromatic rings. The first-order chi connectivity index (χ1) is 7.70. The summed E-state index contributed by atoms with van der Waals surface area (Å²) in [6.07, 6.45) is 0. The minimum Gasteiger partial charge on any atom is -0.491 e. The zero-order chi connectivity index (χ0) is 11.5. The smallest absolute Gasteiger partial charge is 0.121 e. The van der Waals surface area contributed by atoms with Gasteiger partial charge in [-0.1, -0.05) is 13.8 Å². The van der Waals surface area contributed by atoms with Gasteiger partial charge in [-0.25, -0.2) is 4.98 Å². The van der Waals surface area contributed by atoms with Gasteiger partial charge >= 0.3 is 0 Å². The van der Waals surface area contributed by atoms with Gasteiger partial charge in [-0.15, -0.1) is 0 Å². The van der Waals surface area contributed by atoms with E-state index in [0.29, 0.717) is 12.5 Å². The van der Waals surface area contributed by atoms with Crippen molar-refractivity contribution in [1.82, 2.24) is 9.97 Å². The fourth-order valence-corrected chi connectivity index (χ4v) is 1.54. The molecule has 1 aromatic carbocycles. The van der Waals surface area contributed by atoms with Gasteiger partial charge in [0, 0.05) is 12.0 Å². The van der Waals surface area contributed by atoms with Crippen LogP contribution in [-0.2, 0) is 0 Å². The molecule has 4 heteroatoms. The van der Waals surface area contributed by atoms with Crippen LogP contribution in [0.5, 0.6) is 5.75 Å². The van der Waals surface area contributed by atoms with Crippen LogP contribution in [-0.4, -0.2) is 28.3 Å². The number of aromatic nitrogens is 2. The Kier molecular flexibility index (Phi) is 3.10. The van der Waals surface area contributed by atoms with Gasteiger partial charge in [-0.2, -0.15) is 0 Å². The van der Waals surface area contributed by atoms with Crippen molar-refractivity contribution in [3.8, 4) is 5.75 Å². The molecule has 16 heavy (non-hydrogen) atoms. The average molecular weight is 220 g/mol. The third kappa shape index (κ3) is 2.17. The molecule has 0 bridgehead atoms. The summed E-state index contributed by atoms with van der Waals surface area (Å²) in [4.78, 5) is 7.73. The second-order valence-corrected chi connectivity index (χ2v) is 4.03. The van der Waals surface area contributed by atoms with Gasteiger partial charge in [0.15, 0.2) is 0 Å². The number of rotatable bonds is 4. The second kappa shape index (κ2) is 4.53. The number of nitrogens with zero attached hydrogens (tertiary/aromatic N) is 1. The number of imidazole rings is 1. The molecule has 4 nitrogen and oxygen atoms in total. The van der Waals surface area contributed by atoms with E-state index < -0.39 is 0 Å². The first-order valence-electron chi connectivity index (χ1n) is 5.44. The predicted molar refractivity (Wildman–Crippen MR) is 62.8 cm³/mol. The minimum absolute atomic E-state index is 0.0260. The predicted octanol–water partition coefficient (Wildman–Crippen LogP) is 2.06. The van der Waals surface area contributed by atoms with Crippen molar-refractivity contribution in [2.75, 3.05) is 13.2 Å². The second-order valence-electron chi connectivity index (χ2n) is 4.03. The third-order valence-electron chi connectivity index (χ3n) is 2.38. The highest BCUT2D eigenvalue weighted by Crippen LogP contribution is 2.21. The Morgan fingerprint density at radius 3 is 2.94 bits per heavy atom. The van der Waals surface area contributed by atoms with Crippen LogP contribution < -0.4 is 4.74 Å². The lowest BCUT2D eigenvalue weighted by atomic mass is 10.2. The van der Waals surface area contributed by atoms with Crippen LogP contribution in [0.1, 0.15) is 25.6 Å². The Balaban J connectivity index is 2.30. The summed E-state index contributed by atoms with van der Waals surface area (Å²) >= 11 is 0. The zero-order valence-corrected chi connectivity index (χ0v) is 9.53. The van der Waals surface area contributed by atoms with Gasteiger partial charge in [-0.05, 0) is 12.1 Å². The maximum absolute atomic E-state index is 8.67. The van der Waals surface area contributed by atoms with Crippen LogP contribution in [0.15, 0.2) is 18.2 Å². The number of H-pyrrole nitrogens is 1. The Morgan fingerprint density at radius 2 is 2.25 bits per heavy atom. The molecule has 1 heterocycles. The van der Waals surface area contributed by atoms with Crippen molar-refractivity contribution >= 4 is 11.0 Å². The summed E-state index contributed by atoms with van der Waals surface area (Å²) in [6, 6.07) is 5.69. The van der Waals surface area contributed by atoms with E-state index in [9.17, 15) is 0 Å². The highest BCUT2D eigenvalue weighted by molar-refractivity contribution is 5.76. The van der Waals surface area contributed by atoms with Gasteiger partial charge in [0.05, 0.1) is 17.6 Å². The number of aliphatic hydroxyl groups excluding tert-OH is 1. The number of fused-ring (bicyclic) bond motifs is 1. The molecule has 0 aliphatic rings. The summed E-state index contributed by atoms with van der Waals surface area (Å²) in [5.41, 5.74) is 1.92. The Labute approximate surface area is 94.3 Å². The van der Waals surface area contributed by atoms with Crippen molar-refractivity contribution in [2.24, 2.45) is 0 Å². The fraction of sp³-hybridized carbons (Fsp3) is 0.417. The lowest BCUT2D eigenvalue weighted by molar-refractivity contribution is 0.201. The summed E-state index contributed by atoms with van der Waals surface area (Å²) in [7, 11) is 0. The van der Waals surface area contributed by atoms with Gasteiger partial charge < -0.3 is 14.8 Å². The van der Waals surface area contributed by atoms with E-state index in [1.54, 1.807) is 0 Å². The number of ether oxygens (including phenoxy) is 1. The van der Waals surface area contributed by atoms with Crippen molar-refractivity contribution in [3.63, 3.8) is 0 Å². The summed E-state index contributed by atoms with van der Waals surface area (Å²) in [6.45, 7) is 4.54. The standard InChI is InChI=1S/C12H16N2O2/c1-8(2)12-13-10-4-3-9(16-6-5-15)7-11(10)14-12/h3-4,7-8,15H,5-6H2,1-2H3,(H,13,14). The molecule has 0 saturated heterocycles. The largest absolute Gasteiger partial charge is 0.491 e. The van der Waals surface area contributed by atoms with Gasteiger partial charge in [0.2, 0.25) is 0 Å². The lowest BCUT2D eigenvalue weighted by Crippen LogP contribution is -2.01. The average Bonchev–Trinajstić information content (AvgIpc) is 2.69. The van der Waals surface area contributed by atoms with E-state index >= 15 is 0 Å². The van der Waals surface area contributed by atoms with Crippen molar-refractivity contribution in [1.29, 1.82) is 0 Å². The molecule has 2 N–H and O–H groups in total. The molecule has 1 aromatic heterocycles. The molecule has 0 saturated carbocycles. The van der Waals surface area contributed by atoms with Gasteiger partial charge in [0.25, 0.3) is 0 Å². The SMILES string of the molecule is CC(C)c1nc2ccc(OCCO)cc2[nH]1. The number of benzene rings is 1. The Bertz CT molecular complexity index is 477. The van der Waals surface area contributed by atoms with Crippen LogP contribution in [0.25, 0.3) is 11.0 Å². The molecule has 0 atom stereocenters. The molecule has 86 valence electrons. The molecular weight excluding hydrogens is 204 g/mol. The van der Waals surface area contributed by atoms with Gasteiger partial charge in [-0.3, -0.25) is 0 Å². The minimum atomic E-state index is 0.0260. The number of nitrogens with one attached hydrogen (secondary N) is 1. The van der Waals surface area contributed by atoms with Crippen molar-refractivity contribution < 1.29 is 9.84 Å². The van der Waals surface area contributed by atoms with E-state index in [-0.39, 0.29) is 6.61 Å². The van der Waals surface area contributed by atoms with E-state index in [1.807, 2.05) is 18.2 Å². The normalized spacial score (nSPS) is 11.2. The van der Waals surface area contributed by atoms with Crippen LogP contribution in [0.4, 0.5) is 0 Å². The first kappa shape index (κ1) is 11.0. The van der Waals surface area contributed by atoms with Crippen LogP contribution in [0, 0.1) is 0 Å². The van der Waals surface area contributed by atoms with Gasteiger partial charge in [0.1, 0.15) is 18.2 Å². The number of hydrogen-bond donors (Lipinski definition) is 2. The summed E-state index contributed by atoms with van der Waals surface area (Å²) in [5, 5.41) is 8.67. The van der Waals surface area contributed by atoms with Crippen LogP contribution >= 0.6 is 0 Å². The summed E-state index contributed by atoms with van der Waals surface area (Å²) < 4.78 is 5.34. The quantitative estimate of drug-likeness (QED) is 0.829. The zero-order valence-electron chi connectivity index (χ0n) is 9.53. The monoisotopic (exact) mass is 220 g/mol. The van der Waals surface area contributed by atoms with E-state index in [0.717, 1.165) is 22.6 Å². The molecule has 0 unspecified atom stereocenters. The fourth-order valence-electron chi connectivity index (χ4n) is 1.54. The number of aromatic amines is 1. The maximum Gasteiger partial charge on any atom is 0.121 e.